The average molecular weight is 639 g/mol. The molecular weight excluding hydrogens is 608 g/mol. The number of fused-ring (bicyclic) bond motifs is 1. The van der Waals surface area contributed by atoms with Gasteiger partial charge in [0.25, 0.3) is 10.0 Å². The predicted molar refractivity (Wildman–Crippen MR) is 174 cm³/mol. The molecule has 2 amide bonds. The molecule has 1 aliphatic rings. The summed E-state index contributed by atoms with van der Waals surface area (Å²) in [7, 11) is -1.07. The van der Waals surface area contributed by atoms with Crippen LogP contribution in [-0.4, -0.2) is 34.4 Å². The van der Waals surface area contributed by atoms with Crippen LogP contribution in [0.3, 0.4) is 0 Å². The molecule has 5 aromatic rings. The smallest absolute Gasteiger partial charge is 0.345 e. The SMILES string of the molecule is COc1ccc(C2CC(c3cc4ccccc4oc3=O)=NN2c2ccc(S(=O)(=O)NC(=O)NCc3ccccc3)cc2)cc1OC. The monoisotopic (exact) mass is 638 g/mol. The minimum absolute atomic E-state index is 0.104. The van der Waals surface area contributed by atoms with Crippen LogP contribution in [0.2, 0.25) is 0 Å². The molecule has 0 aliphatic carbocycles. The summed E-state index contributed by atoms with van der Waals surface area (Å²) in [6.07, 6.45) is 0.349. The predicted octanol–water partition coefficient (Wildman–Crippen LogP) is 5.35. The summed E-state index contributed by atoms with van der Waals surface area (Å²) in [5.74, 6) is 1.08. The number of nitrogens with zero attached hydrogens (tertiary/aromatic N) is 2. The van der Waals surface area contributed by atoms with Gasteiger partial charge in [-0.25, -0.2) is 22.7 Å². The standard InChI is InChI=1S/C34H30N4O7S/c1-43-31-17-12-23(19-32(31)44-2)29-20-28(27-18-24-10-6-7-11-30(24)45-33(27)39)36-38(29)25-13-15-26(16-14-25)46(41,42)37-34(40)35-21-22-8-4-3-5-9-22/h3-19,29H,20-21H2,1-2H3,(H2,35,37,40). The molecule has 6 rings (SSSR count). The number of hydrogen-bond donors (Lipinski definition) is 2. The molecule has 1 atom stereocenters. The Hall–Kier alpha value is -5.62. The maximum absolute atomic E-state index is 13.1. The Morgan fingerprint density at radius 3 is 2.37 bits per heavy atom. The fraction of sp³-hybridized carbons (Fsp3) is 0.147. The highest BCUT2D eigenvalue weighted by Gasteiger charge is 2.32. The van der Waals surface area contributed by atoms with Gasteiger partial charge in [0.15, 0.2) is 11.5 Å². The van der Waals surface area contributed by atoms with Gasteiger partial charge < -0.3 is 19.2 Å². The number of benzene rings is 4. The van der Waals surface area contributed by atoms with E-state index in [2.05, 4.69) is 5.32 Å². The molecule has 12 heteroatoms. The highest BCUT2D eigenvalue weighted by molar-refractivity contribution is 7.90. The number of amides is 2. The lowest BCUT2D eigenvalue weighted by atomic mass is 9.98. The van der Waals surface area contributed by atoms with E-state index in [0.29, 0.717) is 40.5 Å². The summed E-state index contributed by atoms with van der Waals surface area (Å²) < 4.78 is 44.6. The van der Waals surface area contributed by atoms with E-state index in [1.807, 2.05) is 59.3 Å². The van der Waals surface area contributed by atoms with Gasteiger partial charge in [-0.1, -0.05) is 54.6 Å². The number of anilines is 1. The molecule has 4 aromatic carbocycles. The van der Waals surface area contributed by atoms with Crippen LogP contribution < -0.4 is 30.1 Å². The first-order valence-electron chi connectivity index (χ1n) is 14.3. The number of carbonyl (C=O) groups excluding carboxylic acids is 1. The van der Waals surface area contributed by atoms with Crippen LogP contribution in [0, 0.1) is 0 Å². The van der Waals surface area contributed by atoms with Crippen molar-refractivity contribution in [2.24, 2.45) is 5.10 Å². The van der Waals surface area contributed by atoms with Crippen molar-refractivity contribution >= 4 is 38.4 Å². The van der Waals surface area contributed by atoms with Crippen molar-refractivity contribution in [1.29, 1.82) is 0 Å². The third-order valence-corrected chi connectivity index (χ3v) is 8.94. The zero-order valence-electron chi connectivity index (χ0n) is 25.0. The summed E-state index contributed by atoms with van der Waals surface area (Å²) in [5, 5.41) is 9.87. The molecule has 1 unspecified atom stereocenters. The Morgan fingerprint density at radius 2 is 1.63 bits per heavy atom. The Balaban J connectivity index is 1.30. The summed E-state index contributed by atoms with van der Waals surface area (Å²) in [4.78, 5) is 25.3. The normalized spacial score (nSPS) is 14.5. The van der Waals surface area contributed by atoms with Gasteiger partial charge in [-0.3, -0.25) is 5.01 Å². The van der Waals surface area contributed by atoms with Crippen molar-refractivity contribution < 1.29 is 27.1 Å². The molecule has 0 radical (unpaired) electrons. The van der Waals surface area contributed by atoms with Gasteiger partial charge in [-0.15, -0.1) is 0 Å². The zero-order valence-corrected chi connectivity index (χ0v) is 25.8. The van der Waals surface area contributed by atoms with Crippen LogP contribution in [-0.2, 0) is 16.6 Å². The van der Waals surface area contributed by atoms with Gasteiger partial charge in [-0.05, 0) is 59.7 Å². The number of para-hydroxylation sites is 1. The highest BCUT2D eigenvalue weighted by atomic mass is 32.2. The number of hydrazone groups is 1. The first kappa shape index (κ1) is 30.4. The summed E-state index contributed by atoms with van der Waals surface area (Å²) >= 11 is 0. The molecule has 11 nitrogen and oxygen atoms in total. The number of sulfonamides is 1. The van der Waals surface area contributed by atoms with E-state index in [0.717, 1.165) is 16.5 Å². The molecule has 1 aromatic heterocycles. The molecule has 0 saturated heterocycles. The number of rotatable bonds is 9. The number of hydrogen-bond acceptors (Lipinski definition) is 9. The second-order valence-corrected chi connectivity index (χ2v) is 12.2. The van der Waals surface area contributed by atoms with Gasteiger partial charge in [0.05, 0.1) is 42.1 Å². The van der Waals surface area contributed by atoms with Crippen LogP contribution in [0.15, 0.2) is 122 Å². The Labute approximate surface area is 265 Å². The fourth-order valence-electron chi connectivity index (χ4n) is 5.27. The van der Waals surface area contributed by atoms with Crippen LogP contribution in [0.25, 0.3) is 11.0 Å². The first-order valence-corrected chi connectivity index (χ1v) is 15.8. The lowest BCUT2D eigenvalue weighted by molar-refractivity contribution is 0.245. The van der Waals surface area contributed by atoms with Crippen molar-refractivity contribution in [1.82, 2.24) is 10.0 Å². The highest BCUT2D eigenvalue weighted by Crippen LogP contribution is 2.40. The van der Waals surface area contributed by atoms with E-state index < -0.39 is 21.7 Å². The molecular formula is C34H30N4O7S. The second kappa shape index (κ2) is 12.8. The maximum Gasteiger partial charge on any atom is 0.345 e. The van der Waals surface area contributed by atoms with Gasteiger partial charge in [0.1, 0.15) is 5.58 Å². The van der Waals surface area contributed by atoms with Crippen molar-refractivity contribution in [3.8, 4) is 11.5 Å². The summed E-state index contributed by atoms with van der Waals surface area (Å²) in [6, 6.07) is 28.4. The van der Waals surface area contributed by atoms with Crippen LogP contribution in [0.4, 0.5) is 10.5 Å². The van der Waals surface area contributed by atoms with Crippen molar-refractivity contribution in [3.05, 3.63) is 130 Å². The van der Waals surface area contributed by atoms with E-state index in [1.165, 1.54) is 12.1 Å². The lowest BCUT2D eigenvalue weighted by Crippen LogP contribution is -2.39. The Bertz CT molecular complexity index is 2100. The molecule has 46 heavy (non-hydrogen) atoms. The fourth-order valence-corrected chi connectivity index (χ4v) is 6.20. The number of ether oxygens (including phenoxy) is 2. The van der Waals surface area contributed by atoms with E-state index in [-0.39, 0.29) is 17.5 Å². The van der Waals surface area contributed by atoms with Gasteiger partial charge in [-0.2, -0.15) is 5.10 Å². The lowest BCUT2D eigenvalue weighted by Gasteiger charge is -2.25. The molecule has 1 aliphatic heterocycles. The summed E-state index contributed by atoms with van der Waals surface area (Å²) in [6.45, 7) is 0.170. The van der Waals surface area contributed by atoms with Gasteiger partial charge in [0, 0.05) is 18.4 Å². The van der Waals surface area contributed by atoms with Gasteiger partial charge >= 0.3 is 11.7 Å². The molecule has 2 heterocycles. The van der Waals surface area contributed by atoms with E-state index in [1.54, 1.807) is 55.6 Å². The third kappa shape index (κ3) is 6.28. The van der Waals surface area contributed by atoms with E-state index in [4.69, 9.17) is 19.0 Å². The molecule has 234 valence electrons. The Kier molecular flexibility index (Phi) is 8.45. The van der Waals surface area contributed by atoms with E-state index in [9.17, 15) is 18.0 Å². The Morgan fingerprint density at radius 1 is 0.913 bits per heavy atom. The number of methoxy groups -OCH3 is 2. The van der Waals surface area contributed by atoms with Crippen molar-refractivity contribution in [3.63, 3.8) is 0 Å². The number of nitrogens with one attached hydrogen (secondary N) is 2. The third-order valence-electron chi connectivity index (χ3n) is 7.59. The van der Waals surface area contributed by atoms with Crippen LogP contribution >= 0.6 is 0 Å². The largest absolute Gasteiger partial charge is 0.493 e. The molecule has 0 spiro atoms. The number of urea groups is 1. The topological polar surface area (TPSA) is 140 Å². The maximum atomic E-state index is 13.1. The van der Waals surface area contributed by atoms with Crippen molar-refractivity contribution in [2.45, 2.75) is 23.9 Å². The number of carbonyl (C=O) groups is 1. The minimum atomic E-state index is -4.17. The molecule has 0 saturated carbocycles. The zero-order chi connectivity index (χ0) is 32.3. The minimum Gasteiger partial charge on any atom is -0.493 e. The second-order valence-electron chi connectivity index (χ2n) is 10.5. The van der Waals surface area contributed by atoms with Crippen molar-refractivity contribution in [2.75, 3.05) is 19.2 Å². The quantitative estimate of drug-likeness (QED) is 0.206. The van der Waals surface area contributed by atoms with Crippen LogP contribution in [0.5, 0.6) is 11.5 Å². The van der Waals surface area contributed by atoms with Crippen LogP contribution in [0.1, 0.15) is 29.2 Å². The van der Waals surface area contributed by atoms with Gasteiger partial charge in [0.2, 0.25) is 0 Å². The van der Waals surface area contributed by atoms with E-state index >= 15 is 0 Å². The first-order chi connectivity index (χ1) is 22.3. The molecule has 2 N–H and O–H groups in total. The molecule has 0 bridgehead atoms. The summed E-state index contributed by atoms with van der Waals surface area (Å²) in [5.41, 5.74) is 3.02. The molecule has 0 fully saturated rings. The average Bonchev–Trinajstić information content (AvgIpc) is 3.52.